The Balaban J connectivity index is 3.61. The minimum Gasteiger partial charge on any atom is -0.312 e. The van der Waals surface area contributed by atoms with E-state index in [1.54, 1.807) is 0 Å². The van der Waals surface area contributed by atoms with Crippen LogP contribution in [0.5, 0.6) is 0 Å². The molecule has 0 rings (SSSR count). The summed E-state index contributed by atoms with van der Waals surface area (Å²) in [6.45, 7) is 19.6. The molecule has 0 atom stereocenters. The highest BCUT2D eigenvalue weighted by Gasteiger charge is 2.11. The van der Waals surface area contributed by atoms with Gasteiger partial charge in [0.15, 0.2) is 0 Å². The molecule has 0 radical (unpaired) electrons. The number of nitrogens with zero attached hydrogens (tertiary/aromatic N) is 1. The van der Waals surface area contributed by atoms with Crippen molar-refractivity contribution in [1.82, 2.24) is 10.2 Å². The summed E-state index contributed by atoms with van der Waals surface area (Å²) in [5, 5.41) is 3.55. The number of hydrogen-bond acceptors (Lipinski definition) is 2. The first kappa shape index (κ1) is 17.9. The number of rotatable bonds is 9. The molecule has 18 heavy (non-hydrogen) atoms. The molecule has 0 aromatic heterocycles. The molecule has 0 saturated heterocycles. The molecule has 110 valence electrons. The quantitative estimate of drug-likeness (QED) is 0.629. The van der Waals surface area contributed by atoms with Crippen molar-refractivity contribution < 1.29 is 0 Å². The first-order valence-corrected chi connectivity index (χ1v) is 7.71. The zero-order valence-electron chi connectivity index (χ0n) is 13.8. The third kappa shape index (κ3) is 11.0. The van der Waals surface area contributed by atoms with E-state index in [0.717, 1.165) is 12.5 Å². The van der Waals surface area contributed by atoms with Gasteiger partial charge in [-0.05, 0) is 66.5 Å². The smallest absolute Gasteiger partial charge is 0.00965 e. The van der Waals surface area contributed by atoms with Gasteiger partial charge in [-0.1, -0.05) is 20.3 Å². The Labute approximate surface area is 116 Å². The zero-order chi connectivity index (χ0) is 14.2. The van der Waals surface area contributed by atoms with Crippen LogP contribution in [0.4, 0.5) is 0 Å². The Morgan fingerprint density at radius 1 is 0.944 bits per heavy atom. The van der Waals surface area contributed by atoms with E-state index >= 15 is 0 Å². The van der Waals surface area contributed by atoms with Crippen molar-refractivity contribution >= 4 is 0 Å². The molecule has 0 amide bonds. The van der Waals surface area contributed by atoms with Crippen LogP contribution >= 0.6 is 0 Å². The van der Waals surface area contributed by atoms with Gasteiger partial charge in [0.25, 0.3) is 0 Å². The van der Waals surface area contributed by atoms with Crippen molar-refractivity contribution in [1.29, 1.82) is 0 Å². The predicted octanol–water partition coefficient (Wildman–Crippen LogP) is 3.91. The summed E-state index contributed by atoms with van der Waals surface area (Å²) in [5.41, 5.74) is 0.265. The van der Waals surface area contributed by atoms with Crippen molar-refractivity contribution in [3.8, 4) is 0 Å². The average molecular weight is 256 g/mol. The molecule has 0 aromatic rings. The van der Waals surface area contributed by atoms with E-state index in [4.69, 9.17) is 0 Å². The van der Waals surface area contributed by atoms with E-state index in [-0.39, 0.29) is 5.54 Å². The van der Waals surface area contributed by atoms with Crippen molar-refractivity contribution in [3.63, 3.8) is 0 Å². The minimum atomic E-state index is 0.265. The largest absolute Gasteiger partial charge is 0.312 e. The molecule has 0 spiro atoms. The molecule has 0 saturated carbocycles. The van der Waals surface area contributed by atoms with Gasteiger partial charge in [0, 0.05) is 18.1 Å². The first-order chi connectivity index (χ1) is 8.22. The normalized spacial score (nSPS) is 13.0. The highest BCUT2D eigenvalue weighted by Crippen LogP contribution is 2.07. The fourth-order valence-electron chi connectivity index (χ4n) is 2.11. The molecular weight excluding hydrogens is 220 g/mol. The Bertz CT molecular complexity index is 192. The second-order valence-electron chi connectivity index (χ2n) is 7.22. The maximum Gasteiger partial charge on any atom is 0.00965 e. The lowest BCUT2D eigenvalue weighted by Crippen LogP contribution is -2.36. The maximum absolute atomic E-state index is 3.55. The molecule has 0 aromatic carbocycles. The Hall–Kier alpha value is -0.0800. The SMILES string of the molecule is CC(C)CN(CCCCCNC(C)(C)C)C(C)C. The van der Waals surface area contributed by atoms with Crippen molar-refractivity contribution in [2.75, 3.05) is 19.6 Å². The Morgan fingerprint density at radius 3 is 2.00 bits per heavy atom. The van der Waals surface area contributed by atoms with Gasteiger partial charge in [0.05, 0.1) is 0 Å². The molecule has 0 unspecified atom stereocenters. The third-order valence-electron chi connectivity index (χ3n) is 3.11. The zero-order valence-corrected chi connectivity index (χ0v) is 13.8. The van der Waals surface area contributed by atoms with Crippen molar-refractivity contribution in [2.45, 2.75) is 79.3 Å². The summed E-state index contributed by atoms with van der Waals surface area (Å²) in [5.74, 6) is 0.773. The van der Waals surface area contributed by atoms with Gasteiger partial charge in [-0.2, -0.15) is 0 Å². The lowest BCUT2D eigenvalue weighted by molar-refractivity contribution is 0.193. The maximum atomic E-state index is 3.55. The molecule has 0 aliphatic carbocycles. The van der Waals surface area contributed by atoms with E-state index in [9.17, 15) is 0 Å². The monoisotopic (exact) mass is 256 g/mol. The molecule has 2 nitrogen and oxygen atoms in total. The average Bonchev–Trinajstić information content (AvgIpc) is 2.18. The lowest BCUT2D eigenvalue weighted by Gasteiger charge is -2.28. The Morgan fingerprint density at radius 2 is 1.56 bits per heavy atom. The van der Waals surface area contributed by atoms with Gasteiger partial charge in [-0.3, -0.25) is 0 Å². The van der Waals surface area contributed by atoms with Crippen LogP contribution in [0.3, 0.4) is 0 Å². The molecule has 0 bridgehead atoms. The number of unbranched alkanes of at least 4 members (excludes halogenated alkanes) is 2. The number of hydrogen-bond donors (Lipinski definition) is 1. The van der Waals surface area contributed by atoms with Crippen LogP contribution in [0.2, 0.25) is 0 Å². The first-order valence-electron chi connectivity index (χ1n) is 7.71. The molecule has 0 aliphatic rings. The van der Waals surface area contributed by atoms with Crippen LogP contribution in [0.15, 0.2) is 0 Å². The van der Waals surface area contributed by atoms with E-state index < -0.39 is 0 Å². The van der Waals surface area contributed by atoms with Gasteiger partial charge in [-0.15, -0.1) is 0 Å². The van der Waals surface area contributed by atoms with Crippen LogP contribution in [-0.2, 0) is 0 Å². The van der Waals surface area contributed by atoms with Crippen LogP contribution in [0.25, 0.3) is 0 Å². The van der Waals surface area contributed by atoms with Gasteiger partial charge in [0.1, 0.15) is 0 Å². The topological polar surface area (TPSA) is 15.3 Å². The van der Waals surface area contributed by atoms with E-state index in [2.05, 4.69) is 58.7 Å². The van der Waals surface area contributed by atoms with Crippen LogP contribution < -0.4 is 5.32 Å². The molecule has 0 fully saturated rings. The van der Waals surface area contributed by atoms with Crippen LogP contribution in [-0.4, -0.2) is 36.1 Å². The summed E-state index contributed by atoms with van der Waals surface area (Å²) < 4.78 is 0. The Kier molecular flexibility index (Phi) is 8.89. The predicted molar refractivity (Wildman–Crippen MR) is 83.2 cm³/mol. The van der Waals surface area contributed by atoms with Gasteiger partial charge in [0.2, 0.25) is 0 Å². The summed E-state index contributed by atoms with van der Waals surface area (Å²) in [7, 11) is 0. The molecule has 0 heterocycles. The fourth-order valence-corrected chi connectivity index (χ4v) is 2.11. The number of nitrogens with one attached hydrogen (secondary N) is 1. The van der Waals surface area contributed by atoms with E-state index in [0.29, 0.717) is 6.04 Å². The summed E-state index contributed by atoms with van der Waals surface area (Å²) in [4.78, 5) is 2.61. The van der Waals surface area contributed by atoms with Gasteiger partial charge < -0.3 is 10.2 Å². The molecular formula is C16H36N2. The fraction of sp³-hybridized carbons (Fsp3) is 1.00. The third-order valence-corrected chi connectivity index (χ3v) is 3.11. The second kappa shape index (κ2) is 8.92. The van der Waals surface area contributed by atoms with E-state index in [1.165, 1.54) is 32.4 Å². The minimum absolute atomic E-state index is 0.265. The second-order valence-corrected chi connectivity index (χ2v) is 7.22. The molecule has 0 aliphatic heterocycles. The summed E-state index contributed by atoms with van der Waals surface area (Å²) in [6, 6.07) is 0.681. The lowest BCUT2D eigenvalue weighted by atomic mass is 10.1. The highest BCUT2D eigenvalue weighted by molar-refractivity contribution is 4.70. The molecule has 1 N–H and O–H groups in total. The van der Waals surface area contributed by atoms with Crippen LogP contribution in [0, 0.1) is 5.92 Å². The van der Waals surface area contributed by atoms with Crippen LogP contribution in [0.1, 0.15) is 67.7 Å². The standard InChI is InChI=1S/C16H36N2/c1-14(2)13-18(15(3)4)12-10-8-9-11-17-16(5,6)7/h14-15,17H,8-13H2,1-7H3. The summed E-state index contributed by atoms with van der Waals surface area (Å²) >= 11 is 0. The summed E-state index contributed by atoms with van der Waals surface area (Å²) in [6.07, 6.45) is 3.96. The van der Waals surface area contributed by atoms with Gasteiger partial charge >= 0.3 is 0 Å². The highest BCUT2D eigenvalue weighted by atomic mass is 15.1. The van der Waals surface area contributed by atoms with E-state index in [1.807, 2.05) is 0 Å². The van der Waals surface area contributed by atoms with Crippen molar-refractivity contribution in [3.05, 3.63) is 0 Å². The van der Waals surface area contributed by atoms with Crippen molar-refractivity contribution in [2.24, 2.45) is 5.92 Å². The molecule has 2 heteroatoms. The van der Waals surface area contributed by atoms with Gasteiger partial charge in [-0.25, -0.2) is 0 Å².